The highest BCUT2D eigenvalue weighted by atomic mass is 19.2. The van der Waals surface area contributed by atoms with Crippen molar-refractivity contribution in [2.24, 2.45) is 0 Å². The lowest BCUT2D eigenvalue weighted by molar-refractivity contribution is -0.00258. The van der Waals surface area contributed by atoms with Crippen LogP contribution in [-0.2, 0) is 4.74 Å². The lowest BCUT2D eigenvalue weighted by Gasteiger charge is -2.29. The van der Waals surface area contributed by atoms with Crippen LogP contribution in [0.5, 0.6) is 5.75 Å². The summed E-state index contributed by atoms with van der Waals surface area (Å²) >= 11 is 0. The van der Waals surface area contributed by atoms with Crippen LogP contribution >= 0.6 is 0 Å². The first-order valence-electron chi connectivity index (χ1n) is 11.6. The van der Waals surface area contributed by atoms with Gasteiger partial charge in [-0.1, -0.05) is 57.7 Å². The normalized spacial score (nSPS) is 18.9. The van der Waals surface area contributed by atoms with Crippen molar-refractivity contribution in [3.05, 3.63) is 53.3 Å². The predicted octanol–water partition coefficient (Wildman–Crippen LogP) is 7.79. The largest absolute Gasteiger partial charge is 0.491 e. The summed E-state index contributed by atoms with van der Waals surface area (Å²) < 4.78 is 55.6. The van der Waals surface area contributed by atoms with Crippen LogP contribution in [0, 0.1) is 17.5 Å². The molecule has 1 fully saturated rings. The molecule has 1 heterocycles. The zero-order chi connectivity index (χ0) is 22.2. The molecule has 0 N–H and O–H groups in total. The van der Waals surface area contributed by atoms with E-state index in [0.29, 0.717) is 24.3 Å². The summed E-state index contributed by atoms with van der Waals surface area (Å²) in [5, 5.41) is 0. The molecule has 0 spiro atoms. The van der Waals surface area contributed by atoms with Gasteiger partial charge < -0.3 is 9.47 Å². The zero-order valence-electron chi connectivity index (χ0n) is 18.6. The summed E-state index contributed by atoms with van der Waals surface area (Å²) in [7, 11) is 0. The number of benzene rings is 2. The van der Waals surface area contributed by atoms with Gasteiger partial charge in [0.25, 0.3) is 0 Å². The van der Waals surface area contributed by atoms with Gasteiger partial charge in [-0.2, -0.15) is 0 Å². The summed E-state index contributed by atoms with van der Waals surface area (Å²) in [6.45, 7) is 5.07. The molecule has 5 heteroatoms. The van der Waals surface area contributed by atoms with Gasteiger partial charge in [-0.3, -0.25) is 0 Å². The van der Waals surface area contributed by atoms with E-state index in [-0.39, 0.29) is 23.3 Å². The summed E-state index contributed by atoms with van der Waals surface area (Å²) in [6.07, 6.45) is 8.03. The average Bonchev–Trinajstić information content (AvgIpc) is 2.78. The van der Waals surface area contributed by atoms with Gasteiger partial charge in [-0.15, -0.1) is 0 Å². The Labute approximate surface area is 183 Å². The Kier molecular flexibility index (Phi) is 8.82. The molecule has 0 aliphatic carbocycles. The monoisotopic (exact) mass is 434 g/mol. The molecule has 1 aliphatic heterocycles. The molecule has 0 aromatic heterocycles. The molecule has 2 atom stereocenters. The van der Waals surface area contributed by atoms with Crippen molar-refractivity contribution >= 4 is 0 Å². The second kappa shape index (κ2) is 11.6. The van der Waals surface area contributed by atoms with Crippen molar-refractivity contribution in [1.29, 1.82) is 0 Å². The Morgan fingerprint density at radius 2 is 1.74 bits per heavy atom. The third kappa shape index (κ3) is 6.03. The fourth-order valence-corrected chi connectivity index (χ4v) is 4.13. The van der Waals surface area contributed by atoms with E-state index in [1.807, 2.05) is 0 Å². The maximum atomic E-state index is 14.9. The number of hydrogen-bond donors (Lipinski definition) is 0. The predicted molar refractivity (Wildman–Crippen MR) is 118 cm³/mol. The van der Waals surface area contributed by atoms with E-state index in [9.17, 15) is 13.2 Å². The minimum absolute atomic E-state index is 0.0511. The number of hydrogen-bond acceptors (Lipinski definition) is 2. The van der Waals surface area contributed by atoms with E-state index >= 15 is 0 Å². The van der Waals surface area contributed by atoms with Crippen LogP contribution in [0.3, 0.4) is 0 Å². The third-order valence-corrected chi connectivity index (χ3v) is 6.05. The molecule has 2 aromatic carbocycles. The summed E-state index contributed by atoms with van der Waals surface area (Å²) in [5.74, 6) is -2.40. The van der Waals surface area contributed by atoms with E-state index in [1.54, 1.807) is 12.1 Å². The highest BCUT2D eigenvalue weighted by molar-refractivity contribution is 5.66. The second-order valence-electron chi connectivity index (χ2n) is 8.40. The Hall–Kier alpha value is -2.01. The number of halogens is 3. The summed E-state index contributed by atoms with van der Waals surface area (Å²) in [5.41, 5.74) is 0.683. The average molecular weight is 435 g/mol. The molecule has 1 saturated heterocycles. The first-order valence-corrected chi connectivity index (χ1v) is 11.6. The fourth-order valence-electron chi connectivity index (χ4n) is 4.13. The lowest BCUT2D eigenvalue weighted by Crippen LogP contribution is -2.25. The van der Waals surface area contributed by atoms with Crippen molar-refractivity contribution in [1.82, 2.24) is 0 Å². The van der Waals surface area contributed by atoms with Gasteiger partial charge >= 0.3 is 0 Å². The van der Waals surface area contributed by atoms with E-state index < -0.39 is 17.5 Å². The van der Waals surface area contributed by atoms with E-state index in [4.69, 9.17) is 9.47 Å². The molecule has 2 aromatic rings. The standard InChI is InChI=1S/C26H33F3O2/c1-3-5-7-15-30-24-14-10-18(16-23(24)27)21-12-13-22(26(29)25(21)28)19-9-11-20(31-17-19)8-6-4-2/h10,12-14,16,19-20H,3-9,11,15,17H2,1-2H3. The SMILES string of the molecule is CCCCCOc1ccc(-c2ccc(C3CCC(CCCC)OC3)c(F)c2F)cc1F. The first kappa shape index (κ1) is 23.6. The fraction of sp³-hybridized carbons (Fsp3) is 0.538. The minimum Gasteiger partial charge on any atom is -0.491 e. The maximum Gasteiger partial charge on any atom is 0.166 e. The molecule has 2 unspecified atom stereocenters. The molecule has 0 amide bonds. The van der Waals surface area contributed by atoms with E-state index in [0.717, 1.165) is 51.4 Å². The van der Waals surface area contributed by atoms with Crippen molar-refractivity contribution in [3.63, 3.8) is 0 Å². The highest BCUT2D eigenvalue weighted by Crippen LogP contribution is 2.35. The minimum atomic E-state index is -0.943. The molecule has 2 nitrogen and oxygen atoms in total. The van der Waals surface area contributed by atoms with Gasteiger partial charge in [0.2, 0.25) is 0 Å². The third-order valence-electron chi connectivity index (χ3n) is 6.05. The van der Waals surface area contributed by atoms with Gasteiger partial charge in [0.15, 0.2) is 23.2 Å². The van der Waals surface area contributed by atoms with Crippen molar-refractivity contribution in [2.45, 2.75) is 77.2 Å². The maximum absolute atomic E-state index is 14.9. The van der Waals surface area contributed by atoms with Gasteiger partial charge in [0.1, 0.15) is 0 Å². The topological polar surface area (TPSA) is 18.5 Å². The molecule has 170 valence electrons. The Morgan fingerprint density at radius 1 is 0.935 bits per heavy atom. The second-order valence-corrected chi connectivity index (χ2v) is 8.40. The summed E-state index contributed by atoms with van der Waals surface area (Å²) in [4.78, 5) is 0. The molecule has 0 bridgehead atoms. The smallest absolute Gasteiger partial charge is 0.166 e. The first-order chi connectivity index (χ1) is 15.0. The van der Waals surface area contributed by atoms with Crippen LogP contribution in [0.15, 0.2) is 30.3 Å². The molecule has 3 rings (SSSR count). The Morgan fingerprint density at radius 3 is 2.42 bits per heavy atom. The van der Waals surface area contributed by atoms with Gasteiger partial charge in [0.05, 0.1) is 19.3 Å². The van der Waals surface area contributed by atoms with E-state index in [1.165, 1.54) is 18.2 Å². The Balaban J connectivity index is 1.70. The number of ether oxygens (including phenoxy) is 2. The lowest BCUT2D eigenvalue weighted by atomic mass is 9.88. The molecule has 1 aliphatic rings. The van der Waals surface area contributed by atoms with Gasteiger partial charge in [-0.05, 0) is 48.9 Å². The van der Waals surface area contributed by atoms with Crippen LogP contribution in [-0.4, -0.2) is 19.3 Å². The van der Waals surface area contributed by atoms with Crippen LogP contribution in [0.25, 0.3) is 11.1 Å². The molecule has 0 radical (unpaired) electrons. The van der Waals surface area contributed by atoms with E-state index in [2.05, 4.69) is 13.8 Å². The molecule has 31 heavy (non-hydrogen) atoms. The van der Waals surface area contributed by atoms with Crippen LogP contribution in [0.1, 0.15) is 76.7 Å². The van der Waals surface area contributed by atoms with Gasteiger partial charge in [-0.25, -0.2) is 13.2 Å². The molecular formula is C26H33F3O2. The van der Waals surface area contributed by atoms with Crippen LogP contribution in [0.2, 0.25) is 0 Å². The number of rotatable bonds is 10. The van der Waals surface area contributed by atoms with Crippen molar-refractivity contribution in [3.8, 4) is 16.9 Å². The molecule has 0 saturated carbocycles. The Bertz CT molecular complexity index is 845. The molecular weight excluding hydrogens is 401 g/mol. The van der Waals surface area contributed by atoms with Crippen LogP contribution in [0.4, 0.5) is 13.2 Å². The number of unbranched alkanes of at least 4 members (excludes halogenated alkanes) is 3. The highest BCUT2D eigenvalue weighted by Gasteiger charge is 2.27. The van der Waals surface area contributed by atoms with Crippen LogP contribution < -0.4 is 4.74 Å². The summed E-state index contributed by atoms with van der Waals surface area (Å²) in [6, 6.07) is 7.40. The van der Waals surface area contributed by atoms with Crippen molar-refractivity contribution in [2.75, 3.05) is 13.2 Å². The van der Waals surface area contributed by atoms with Crippen molar-refractivity contribution < 1.29 is 22.6 Å². The van der Waals surface area contributed by atoms with Gasteiger partial charge in [0, 0.05) is 11.5 Å². The quantitative estimate of drug-likeness (QED) is 0.355. The zero-order valence-corrected chi connectivity index (χ0v) is 18.6.